The summed E-state index contributed by atoms with van der Waals surface area (Å²) < 4.78 is 15.4. The topological polar surface area (TPSA) is 34.9 Å². The average molecular weight is 350 g/mol. The van der Waals surface area contributed by atoms with Gasteiger partial charge in [-0.15, -0.1) is 11.3 Å². The van der Waals surface area contributed by atoms with E-state index in [1.807, 2.05) is 30.5 Å². The monoisotopic (exact) mass is 350 g/mol. The second-order valence-electron chi connectivity index (χ2n) is 6.00. The van der Waals surface area contributed by atoms with Crippen molar-refractivity contribution < 1.29 is 4.39 Å². The molecule has 0 atom stereocenters. The van der Waals surface area contributed by atoms with E-state index in [4.69, 9.17) is 0 Å². The number of hydrogen-bond donors (Lipinski definition) is 0. The van der Waals surface area contributed by atoms with Crippen molar-refractivity contribution >= 4 is 21.6 Å². The van der Waals surface area contributed by atoms with Crippen LogP contribution in [0.15, 0.2) is 65.0 Å². The number of thiophene rings is 1. The summed E-state index contributed by atoms with van der Waals surface area (Å²) in [5.41, 5.74) is 4.57. The van der Waals surface area contributed by atoms with Crippen LogP contribution in [0.2, 0.25) is 0 Å². The SMILES string of the molecule is Cc1cccc(Cn2cnc3c(-c4ccc(F)cc4)csc3c2=O)c1. The molecule has 4 rings (SSSR count). The Hall–Kier alpha value is -2.79. The maximum atomic E-state index is 13.1. The molecule has 0 fully saturated rings. The molecule has 124 valence electrons. The van der Waals surface area contributed by atoms with Crippen LogP contribution < -0.4 is 5.56 Å². The molecular weight excluding hydrogens is 335 g/mol. The van der Waals surface area contributed by atoms with Crippen LogP contribution in [0, 0.1) is 12.7 Å². The van der Waals surface area contributed by atoms with E-state index in [0.717, 1.165) is 22.3 Å². The minimum Gasteiger partial charge on any atom is -0.294 e. The van der Waals surface area contributed by atoms with E-state index in [-0.39, 0.29) is 11.4 Å². The molecule has 0 unspecified atom stereocenters. The molecule has 25 heavy (non-hydrogen) atoms. The molecule has 2 aromatic carbocycles. The largest absolute Gasteiger partial charge is 0.294 e. The van der Waals surface area contributed by atoms with Gasteiger partial charge in [0.15, 0.2) is 0 Å². The first-order chi connectivity index (χ1) is 12.1. The Morgan fingerprint density at radius 2 is 1.96 bits per heavy atom. The fourth-order valence-corrected chi connectivity index (χ4v) is 3.87. The van der Waals surface area contributed by atoms with E-state index in [1.54, 1.807) is 23.0 Å². The van der Waals surface area contributed by atoms with Crippen LogP contribution >= 0.6 is 11.3 Å². The molecule has 0 aliphatic carbocycles. The Labute approximate surface area is 148 Å². The van der Waals surface area contributed by atoms with Crippen molar-refractivity contribution in [3.05, 3.63) is 87.5 Å². The zero-order valence-electron chi connectivity index (χ0n) is 13.6. The zero-order valence-corrected chi connectivity index (χ0v) is 14.4. The third kappa shape index (κ3) is 2.98. The van der Waals surface area contributed by atoms with E-state index in [0.29, 0.717) is 16.8 Å². The predicted molar refractivity (Wildman–Crippen MR) is 99.6 cm³/mol. The average Bonchev–Trinajstić information content (AvgIpc) is 3.03. The summed E-state index contributed by atoms with van der Waals surface area (Å²) in [5, 5.41) is 1.91. The third-order valence-electron chi connectivity index (χ3n) is 4.14. The van der Waals surface area contributed by atoms with Crippen LogP contribution in [0.5, 0.6) is 0 Å². The number of fused-ring (bicyclic) bond motifs is 1. The van der Waals surface area contributed by atoms with Gasteiger partial charge in [-0.3, -0.25) is 9.36 Å². The zero-order chi connectivity index (χ0) is 17.4. The number of rotatable bonds is 3. The van der Waals surface area contributed by atoms with Crippen LogP contribution in [-0.2, 0) is 6.54 Å². The number of hydrogen-bond acceptors (Lipinski definition) is 3. The Bertz CT molecular complexity index is 1110. The first-order valence-electron chi connectivity index (χ1n) is 7.90. The second kappa shape index (κ2) is 6.26. The molecule has 0 aliphatic heterocycles. The number of nitrogens with zero attached hydrogens (tertiary/aromatic N) is 2. The van der Waals surface area contributed by atoms with E-state index in [1.165, 1.54) is 23.5 Å². The fourth-order valence-electron chi connectivity index (χ4n) is 2.90. The van der Waals surface area contributed by atoms with Crippen molar-refractivity contribution in [3.63, 3.8) is 0 Å². The lowest BCUT2D eigenvalue weighted by molar-refractivity contribution is 0.628. The lowest BCUT2D eigenvalue weighted by Gasteiger charge is -2.06. The number of aryl methyl sites for hydroxylation is 1. The summed E-state index contributed by atoms with van der Waals surface area (Å²) in [6, 6.07) is 14.3. The molecule has 0 amide bonds. The van der Waals surface area contributed by atoms with Crippen LogP contribution in [0.1, 0.15) is 11.1 Å². The lowest BCUT2D eigenvalue weighted by atomic mass is 10.1. The van der Waals surface area contributed by atoms with Crippen molar-refractivity contribution in [2.45, 2.75) is 13.5 Å². The quantitative estimate of drug-likeness (QED) is 0.540. The first kappa shape index (κ1) is 15.7. The maximum Gasteiger partial charge on any atom is 0.271 e. The minimum atomic E-state index is -0.281. The van der Waals surface area contributed by atoms with Gasteiger partial charge in [-0.25, -0.2) is 9.37 Å². The van der Waals surface area contributed by atoms with Crippen LogP contribution in [-0.4, -0.2) is 9.55 Å². The minimum absolute atomic E-state index is 0.0510. The number of benzene rings is 2. The molecule has 0 spiro atoms. The smallest absolute Gasteiger partial charge is 0.271 e. The van der Waals surface area contributed by atoms with Gasteiger partial charge >= 0.3 is 0 Å². The van der Waals surface area contributed by atoms with Gasteiger partial charge in [-0.05, 0) is 30.2 Å². The molecule has 0 radical (unpaired) electrons. The molecule has 0 N–H and O–H groups in total. The van der Waals surface area contributed by atoms with Gasteiger partial charge in [-0.2, -0.15) is 0 Å². The molecule has 5 heteroatoms. The van der Waals surface area contributed by atoms with Crippen LogP contribution in [0.3, 0.4) is 0 Å². The van der Waals surface area contributed by atoms with Gasteiger partial charge in [0.2, 0.25) is 0 Å². The second-order valence-corrected chi connectivity index (χ2v) is 6.88. The maximum absolute atomic E-state index is 13.1. The highest BCUT2D eigenvalue weighted by molar-refractivity contribution is 7.17. The summed E-state index contributed by atoms with van der Waals surface area (Å²) in [5.74, 6) is -0.281. The molecule has 0 saturated heterocycles. The lowest BCUT2D eigenvalue weighted by Crippen LogP contribution is -2.20. The highest BCUT2D eigenvalue weighted by Gasteiger charge is 2.12. The highest BCUT2D eigenvalue weighted by atomic mass is 32.1. The summed E-state index contributed by atoms with van der Waals surface area (Å²) >= 11 is 1.38. The Morgan fingerprint density at radius 1 is 1.16 bits per heavy atom. The van der Waals surface area contributed by atoms with Gasteiger partial charge in [0, 0.05) is 10.9 Å². The molecule has 0 bridgehead atoms. The van der Waals surface area contributed by atoms with Crippen molar-refractivity contribution in [2.24, 2.45) is 0 Å². The molecule has 0 aliphatic rings. The molecule has 0 saturated carbocycles. The van der Waals surface area contributed by atoms with Gasteiger partial charge in [0.25, 0.3) is 5.56 Å². The summed E-state index contributed by atoms with van der Waals surface area (Å²) in [4.78, 5) is 17.3. The van der Waals surface area contributed by atoms with E-state index < -0.39 is 0 Å². The van der Waals surface area contributed by atoms with E-state index in [2.05, 4.69) is 11.1 Å². The fraction of sp³-hybridized carbons (Fsp3) is 0.100. The van der Waals surface area contributed by atoms with Crippen molar-refractivity contribution in [2.75, 3.05) is 0 Å². The number of aromatic nitrogens is 2. The molecule has 4 aromatic rings. The standard InChI is InChI=1S/C20H15FN2OS/c1-13-3-2-4-14(9-13)10-23-12-22-18-17(11-25-19(18)20(23)24)15-5-7-16(21)8-6-15/h2-9,11-12H,10H2,1H3. The summed E-state index contributed by atoms with van der Waals surface area (Å²) in [6.45, 7) is 2.52. The Kier molecular flexibility index (Phi) is 3.93. The van der Waals surface area contributed by atoms with Crippen molar-refractivity contribution in [1.82, 2.24) is 9.55 Å². The normalized spacial score (nSPS) is 11.1. The molecule has 2 aromatic heterocycles. The highest BCUT2D eigenvalue weighted by Crippen LogP contribution is 2.30. The van der Waals surface area contributed by atoms with Crippen LogP contribution in [0.4, 0.5) is 4.39 Å². The predicted octanol–water partition coefficient (Wildman–Crippen LogP) is 4.62. The van der Waals surface area contributed by atoms with Gasteiger partial charge < -0.3 is 0 Å². The third-order valence-corrected chi connectivity index (χ3v) is 5.09. The summed E-state index contributed by atoms with van der Waals surface area (Å²) in [7, 11) is 0. The Morgan fingerprint density at radius 3 is 2.72 bits per heavy atom. The van der Waals surface area contributed by atoms with Crippen LogP contribution in [0.25, 0.3) is 21.3 Å². The Balaban J connectivity index is 1.77. The molecule has 3 nitrogen and oxygen atoms in total. The van der Waals surface area contributed by atoms with Gasteiger partial charge in [0.05, 0.1) is 18.4 Å². The first-order valence-corrected chi connectivity index (χ1v) is 8.78. The molecular formula is C20H15FN2OS. The van der Waals surface area contributed by atoms with E-state index in [9.17, 15) is 9.18 Å². The number of halogens is 1. The van der Waals surface area contributed by atoms with Crippen molar-refractivity contribution in [3.8, 4) is 11.1 Å². The molecule has 2 heterocycles. The van der Waals surface area contributed by atoms with Gasteiger partial charge in [0.1, 0.15) is 10.5 Å². The van der Waals surface area contributed by atoms with Crippen molar-refractivity contribution in [1.29, 1.82) is 0 Å². The van der Waals surface area contributed by atoms with Gasteiger partial charge in [-0.1, -0.05) is 42.0 Å². The van der Waals surface area contributed by atoms with E-state index >= 15 is 0 Å². The summed E-state index contributed by atoms with van der Waals surface area (Å²) in [6.07, 6.45) is 1.59.